The Morgan fingerprint density at radius 3 is 2.50 bits per heavy atom. The molecule has 1 heterocycles. The molecule has 1 saturated carbocycles. The van der Waals surface area contributed by atoms with Crippen molar-refractivity contribution in [3.05, 3.63) is 53.6 Å². The van der Waals surface area contributed by atoms with Crippen molar-refractivity contribution in [2.24, 2.45) is 11.1 Å². The van der Waals surface area contributed by atoms with E-state index in [4.69, 9.17) is 15.2 Å². The summed E-state index contributed by atoms with van der Waals surface area (Å²) in [5.74, 6) is 0.831. The van der Waals surface area contributed by atoms with E-state index in [1.807, 2.05) is 13.0 Å². The zero-order valence-electron chi connectivity index (χ0n) is 14.4. The molecule has 1 aliphatic heterocycles. The third-order valence-corrected chi connectivity index (χ3v) is 7.83. The molecule has 0 aromatic heterocycles. The molecule has 0 spiro atoms. The van der Waals surface area contributed by atoms with Crippen molar-refractivity contribution < 1.29 is 23.0 Å². The Bertz CT molecular complexity index is 935. The summed E-state index contributed by atoms with van der Waals surface area (Å²) < 4.78 is 37.2. The molecule has 2 aliphatic rings. The van der Waals surface area contributed by atoms with Gasteiger partial charge in [0.25, 0.3) is 0 Å². The van der Waals surface area contributed by atoms with Gasteiger partial charge in [-0.1, -0.05) is 23.8 Å². The lowest BCUT2D eigenvalue weighted by molar-refractivity contribution is 0.174. The van der Waals surface area contributed by atoms with Crippen molar-refractivity contribution in [3.63, 3.8) is 0 Å². The number of hydrogen-bond acceptors (Lipinski definition) is 6. The predicted molar refractivity (Wildman–Crippen MR) is 96.0 cm³/mol. The second-order valence-electron chi connectivity index (χ2n) is 6.96. The van der Waals surface area contributed by atoms with Gasteiger partial charge in [0, 0.05) is 17.9 Å². The molecular weight excluding hydrogens is 354 g/mol. The lowest BCUT2D eigenvalue weighted by Gasteiger charge is -2.12. The van der Waals surface area contributed by atoms with Gasteiger partial charge < -0.3 is 20.3 Å². The monoisotopic (exact) mass is 375 g/mol. The molecule has 7 heteroatoms. The number of ether oxygens (including phenoxy) is 2. The minimum atomic E-state index is -3.64. The number of nitrogens with two attached hydrogens (primary N) is 1. The van der Waals surface area contributed by atoms with Gasteiger partial charge in [0.2, 0.25) is 6.79 Å². The number of hydrogen-bond donors (Lipinski definition) is 2. The van der Waals surface area contributed by atoms with Crippen LogP contribution in [0.1, 0.15) is 17.0 Å². The van der Waals surface area contributed by atoms with Crippen molar-refractivity contribution in [2.45, 2.75) is 23.0 Å². The molecular formula is C19H21NO5S. The molecule has 2 aromatic carbocycles. The van der Waals surface area contributed by atoms with Crippen LogP contribution < -0.4 is 15.2 Å². The normalized spacial score (nSPS) is 26.7. The molecule has 0 saturated heterocycles. The quantitative estimate of drug-likeness (QED) is 0.824. The first kappa shape index (κ1) is 17.3. The third-order valence-electron chi connectivity index (χ3n) is 5.49. The van der Waals surface area contributed by atoms with Gasteiger partial charge in [-0.15, -0.1) is 0 Å². The molecule has 26 heavy (non-hydrogen) atoms. The van der Waals surface area contributed by atoms with Crippen LogP contribution in [0.2, 0.25) is 0 Å². The van der Waals surface area contributed by atoms with Gasteiger partial charge in [0.05, 0.1) is 16.8 Å². The van der Waals surface area contributed by atoms with Crippen LogP contribution in [0.5, 0.6) is 11.5 Å². The van der Waals surface area contributed by atoms with Gasteiger partial charge in [-0.2, -0.15) is 0 Å². The first-order valence-electron chi connectivity index (χ1n) is 8.45. The van der Waals surface area contributed by atoms with E-state index < -0.39 is 26.4 Å². The molecule has 1 fully saturated rings. The number of fused-ring (bicyclic) bond motifs is 1. The summed E-state index contributed by atoms with van der Waals surface area (Å²) in [7, 11) is -3.64. The molecule has 4 rings (SSSR count). The minimum absolute atomic E-state index is 0.0817. The fourth-order valence-corrected chi connectivity index (χ4v) is 6.38. The van der Waals surface area contributed by atoms with Crippen molar-refractivity contribution in [3.8, 4) is 11.5 Å². The molecule has 0 amide bonds. The van der Waals surface area contributed by atoms with Gasteiger partial charge in [0.15, 0.2) is 21.3 Å². The second-order valence-corrected chi connectivity index (χ2v) is 9.03. The van der Waals surface area contributed by atoms with E-state index in [-0.39, 0.29) is 24.8 Å². The van der Waals surface area contributed by atoms with Crippen LogP contribution in [0.3, 0.4) is 0 Å². The van der Waals surface area contributed by atoms with Crippen LogP contribution in [0.4, 0.5) is 0 Å². The molecule has 0 unspecified atom stereocenters. The maximum absolute atomic E-state index is 13.2. The number of aliphatic hydroxyl groups is 1. The largest absolute Gasteiger partial charge is 0.454 e. The van der Waals surface area contributed by atoms with Gasteiger partial charge >= 0.3 is 0 Å². The lowest BCUT2D eigenvalue weighted by atomic mass is 10.00. The van der Waals surface area contributed by atoms with Crippen LogP contribution in [-0.2, 0) is 9.84 Å². The van der Waals surface area contributed by atoms with Crippen molar-refractivity contribution in [1.82, 2.24) is 0 Å². The van der Waals surface area contributed by atoms with Gasteiger partial charge in [-0.3, -0.25) is 0 Å². The zero-order valence-corrected chi connectivity index (χ0v) is 15.2. The van der Waals surface area contributed by atoms with E-state index in [0.717, 1.165) is 11.1 Å². The third kappa shape index (κ3) is 2.42. The number of rotatable bonds is 5. The molecule has 3 N–H and O–H groups in total. The summed E-state index contributed by atoms with van der Waals surface area (Å²) in [4.78, 5) is 0.252. The highest BCUT2D eigenvalue weighted by Gasteiger charge is 2.70. The Balaban J connectivity index is 1.76. The molecule has 0 radical (unpaired) electrons. The number of benzene rings is 2. The Labute approximate surface area is 152 Å². The standard InChI is InChI=1S/C19H21NO5S/c1-12-2-5-14(6-3-12)26(22,23)18-17(19(18,9-20)10-21)13-4-7-15-16(8-13)25-11-24-15/h2-8,17-18,21H,9-11,20H2,1H3/t17-,18-,19+/m1/s1. The van der Waals surface area contributed by atoms with E-state index >= 15 is 0 Å². The molecule has 3 atom stereocenters. The highest BCUT2D eigenvalue weighted by atomic mass is 32.2. The van der Waals surface area contributed by atoms with Gasteiger partial charge in [-0.05, 0) is 36.8 Å². The summed E-state index contributed by atoms with van der Waals surface area (Å²) >= 11 is 0. The molecule has 2 aromatic rings. The molecule has 0 bridgehead atoms. The van der Waals surface area contributed by atoms with Crippen molar-refractivity contribution in [1.29, 1.82) is 0 Å². The van der Waals surface area contributed by atoms with E-state index in [0.29, 0.717) is 11.5 Å². The second kappa shape index (κ2) is 5.97. The van der Waals surface area contributed by atoms with Crippen LogP contribution >= 0.6 is 0 Å². The first-order chi connectivity index (χ1) is 12.4. The van der Waals surface area contributed by atoms with Crippen LogP contribution in [0, 0.1) is 12.3 Å². The molecule has 1 aliphatic carbocycles. The minimum Gasteiger partial charge on any atom is -0.454 e. The van der Waals surface area contributed by atoms with Gasteiger partial charge in [0.1, 0.15) is 0 Å². The summed E-state index contributed by atoms with van der Waals surface area (Å²) in [5.41, 5.74) is 6.81. The number of aryl methyl sites for hydroxylation is 1. The number of aliphatic hydroxyl groups excluding tert-OH is 1. The van der Waals surface area contributed by atoms with Gasteiger partial charge in [-0.25, -0.2) is 8.42 Å². The topological polar surface area (TPSA) is 98.9 Å². The van der Waals surface area contributed by atoms with E-state index in [1.54, 1.807) is 36.4 Å². The summed E-state index contributed by atoms with van der Waals surface area (Å²) in [5, 5.41) is 9.24. The van der Waals surface area contributed by atoms with Crippen LogP contribution in [-0.4, -0.2) is 38.7 Å². The van der Waals surface area contributed by atoms with Crippen LogP contribution in [0.25, 0.3) is 0 Å². The van der Waals surface area contributed by atoms with Crippen molar-refractivity contribution in [2.75, 3.05) is 19.9 Å². The first-order valence-corrected chi connectivity index (χ1v) is 10.00. The smallest absolute Gasteiger partial charge is 0.231 e. The van der Waals surface area contributed by atoms with Crippen molar-refractivity contribution >= 4 is 9.84 Å². The molecule has 6 nitrogen and oxygen atoms in total. The van der Waals surface area contributed by atoms with Crippen LogP contribution in [0.15, 0.2) is 47.4 Å². The Morgan fingerprint density at radius 1 is 1.15 bits per heavy atom. The lowest BCUT2D eigenvalue weighted by Crippen LogP contribution is -2.27. The zero-order chi connectivity index (χ0) is 18.5. The Kier molecular flexibility index (Phi) is 3.98. The highest BCUT2D eigenvalue weighted by molar-refractivity contribution is 7.92. The summed E-state index contributed by atoms with van der Waals surface area (Å²) in [6.45, 7) is 1.84. The van der Waals surface area contributed by atoms with E-state index in [1.165, 1.54) is 0 Å². The Morgan fingerprint density at radius 2 is 1.85 bits per heavy atom. The number of sulfone groups is 1. The predicted octanol–water partition coefficient (Wildman–Crippen LogP) is 1.60. The fraction of sp³-hybridized carbons (Fsp3) is 0.368. The van der Waals surface area contributed by atoms with E-state index in [9.17, 15) is 13.5 Å². The highest BCUT2D eigenvalue weighted by Crippen LogP contribution is 2.63. The Hall–Kier alpha value is -2.09. The maximum Gasteiger partial charge on any atom is 0.231 e. The average molecular weight is 375 g/mol. The summed E-state index contributed by atoms with van der Waals surface area (Å²) in [6.07, 6.45) is 0. The average Bonchev–Trinajstić information content (AvgIpc) is 3.12. The fourth-order valence-electron chi connectivity index (χ4n) is 3.93. The SMILES string of the molecule is Cc1ccc(S(=O)(=O)[C@@H]2[C@@H](c3ccc4c(c3)OCO4)[C@]2(CN)CO)cc1. The summed E-state index contributed by atoms with van der Waals surface area (Å²) in [6, 6.07) is 12.1. The molecule has 138 valence electrons. The maximum atomic E-state index is 13.2. The van der Waals surface area contributed by atoms with E-state index in [2.05, 4.69) is 0 Å².